The standard InChI is InChI=1S/C13H16F3NO5S/c1-6(18)11(19)22-12-7-2-3-9(12)8(4-7)10(12)5-17-23(20,21)13(14,15)16/h7-10,17H,2-5H2,1H3. The Bertz CT molecular complexity index is 653. The van der Waals surface area contributed by atoms with Gasteiger partial charge in [0.2, 0.25) is 5.78 Å². The number of alkyl halides is 3. The number of carbonyl (C=O) groups is 2. The van der Waals surface area contributed by atoms with Crippen LogP contribution in [-0.4, -0.2) is 37.8 Å². The van der Waals surface area contributed by atoms with Crippen molar-refractivity contribution in [2.75, 3.05) is 6.54 Å². The number of ketones is 1. The molecule has 6 nitrogen and oxygen atoms in total. The van der Waals surface area contributed by atoms with Crippen LogP contribution in [0, 0.1) is 23.7 Å². The van der Waals surface area contributed by atoms with Crippen molar-refractivity contribution >= 4 is 21.8 Å². The Balaban J connectivity index is 1.76. The Kier molecular flexibility index (Phi) is 3.57. The Hall–Kier alpha value is -1.16. The number of hydrogen-bond donors (Lipinski definition) is 1. The van der Waals surface area contributed by atoms with E-state index in [1.54, 1.807) is 4.72 Å². The van der Waals surface area contributed by atoms with Crippen LogP contribution >= 0.6 is 0 Å². The number of halogens is 3. The Morgan fingerprint density at radius 1 is 1.30 bits per heavy atom. The summed E-state index contributed by atoms with van der Waals surface area (Å²) < 4.78 is 66.5. The van der Waals surface area contributed by atoms with E-state index >= 15 is 0 Å². The predicted octanol–water partition coefficient (Wildman–Crippen LogP) is 0.972. The summed E-state index contributed by atoms with van der Waals surface area (Å²) in [4.78, 5) is 22.8. The Morgan fingerprint density at radius 2 is 1.96 bits per heavy atom. The number of sulfonamides is 1. The van der Waals surface area contributed by atoms with E-state index in [0.29, 0.717) is 6.42 Å². The summed E-state index contributed by atoms with van der Waals surface area (Å²) in [6, 6.07) is 0. The molecular formula is C13H16F3NO5S. The molecule has 4 saturated carbocycles. The van der Waals surface area contributed by atoms with Gasteiger partial charge in [0.25, 0.3) is 0 Å². The van der Waals surface area contributed by atoms with Gasteiger partial charge in [0.1, 0.15) is 5.60 Å². The summed E-state index contributed by atoms with van der Waals surface area (Å²) in [6.45, 7) is 0.623. The molecule has 0 spiro atoms. The number of hydrogen-bond acceptors (Lipinski definition) is 5. The average molecular weight is 355 g/mol. The van der Waals surface area contributed by atoms with Gasteiger partial charge < -0.3 is 4.74 Å². The van der Waals surface area contributed by atoms with Crippen molar-refractivity contribution in [1.82, 2.24) is 4.72 Å². The van der Waals surface area contributed by atoms with E-state index in [9.17, 15) is 31.2 Å². The molecule has 0 saturated heterocycles. The highest BCUT2D eigenvalue weighted by molar-refractivity contribution is 7.90. The van der Waals surface area contributed by atoms with E-state index in [1.165, 1.54) is 0 Å². The van der Waals surface area contributed by atoms with Crippen molar-refractivity contribution in [3.8, 4) is 0 Å². The summed E-state index contributed by atoms with van der Waals surface area (Å²) in [5, 5.41) is 0. The second kappa shape index (κ2) is 4.92. The summed E-state index contributed by atoms with van der Waals surface area (Å²) in [5.41, 5.74) is -6.36. The minimum Gasteiger partial charge on any atom is -0.452 e. The highest BCUT2D eigenvalue weighted by atomic mass is 32.2. The third-order valence-electron chi connectivity index (χ3n) is 5.57. The van der Waals surface area contributed by atoms with Crippen molar-refractivity contribution in [1.29, 1.82) is 0 Å². The fraction of sp³-hybridized carbons (Fsp3) is 0.846. The van der Waals surface area contributed by atoms with Crippen LogP contribution in [0.1, 0.15) is 26.2 Å². The Morgan fingerprint density at radius 3 is 2.48 bits per heavy atom. The molecule has 0 aromatic heterocycles. The zero-order chi connectivity index (χ0) is 17.2. The topological polar surface area (TPSA) is 89.5 Å². The van der Waals surface area contributed by atoms with E-state index < -0.39 is 45.3 Å². The zero-order valence-corrected chi connectivity index (χ0v) is 13.0. The predicted molar refractivity (Wildman–Crippen MR) is 70.3 cm³/mol. The smallest absolute Gasteiger partial charge is 0.452 e. The van der Waals surface area contributed by atoms with Crippen LogP contribution in [-0.2, 0) is 24.3 Å². The van der Waals surface area contributed by atoms with Gasteiger partial charge in [0, 0.05) is 25.3 Å². The molecule has 0 aliphatic heterocycles. The van der Waals surface area contributed by atoms with Gasteiger partial charge in [-0.05, 0) is 31.1 Å². The lowest BCUT2D eigenvalue weighted by Gasteiger charge is -2.51. The monoisotopic (exact) mass is 355 g/mol. The average Bonchev–Trinajstić information content (AvgIpc) is 2.98. The molecular weight excluding hydrogens is 339 g/mol. The van der Waals surface area contributed by atoms with Crippen molar-refractivity contribution in [3.63, 3.8) is 0 Å². The fourth-order valence-electron chi connectivity index (χ4n) is 4.78. The molecule has 130 valence electrons. The molecule has 4 fully saturated rings. The van der Waals surface area contributed by atoms with Crippen LogP contribution in [0.25, 0.3) is 0 Å². The molecule has 4 aliphatic carbocycles. The molecule has 0 radical (unpaired) electrons. The molecule has 10 heteroatoms. The molecule has 0 heterocycles. The van der Waals surface area contributed by atoms with E-state index in [1.807, 2.05) is 0 Å². The van der Waals surface area contributed by atoms with Crippen LogP contribution in [0.4, 0.5) is 13.2 Å². The van der Waals surface area contributed by atoms with Gasteiger partial charge in [-0.2, -0.15) is 13.2 Å². The van der Waals surface area contributed by atoms with Crippen LogP contribution in [0.15, 0.2) is 0 Å². The SMILES string of the molecule is CC(=O)C(=O)OC12C3CCC1C(C3)C2CNS(=O)(=O)C(F)(F)F. The van der Waals surface area contributed by atoms with Crippen LogP contribution in [0.5, 0.6) is 0 Å². The molecule has 5 unspecified atom stereocenters. The van der Waals surface area contributed by atoms with Gasteiger partial charge in [-0.3, -0.25) is 4.79 Å². The number of Topliss-reactive ketones (excluding diaryl/α,β-unsaturated/α-hetero) is 1. The molecule has 5 atom stereocenters. The van der Waals surface area contributed by atoms with Crippen molar-refractivity contribution < 1.29 is 35.9 Å². The van der Waals surface area contributed by atoms with Crippen molar-refractivity contribution in [3.05, 3.63) is 0 Å². The molecule has 4 bridgehead atoms. The number of ether oxygens (including phenoxy) is 1. The summed E-state index contributed by atoms with van der Waals surface area (Å²) in [5.74, 6) is -2.27. The van der Waals surface area contributed by atoms with Crippen LogP contribution in [0.2, 0.25) is 0 Å². The third-order valence-corrected chi connectivity index (χ3v) is 6.72. The fourth-order valence-corrected chi connectivity index (χ4v) is 5.34. The van der Waals surface area contributed by atoms with Gasteiger partial charge in [-0.1, -0.05) is 0 Å². The molecule has 1 N–H and O–H groups in total. The zero-order valence-electron chi connectivity index (χ0n) is 12.2. The summed E-state index contributed by atoms with van der Waals surface area (Å²) in [7, 11) is -5.43. The second-order valence-electron chi connectivity index (χ2n) is 6.48. The Labute approximate surface area is 130 Å². The maximum Gasteiger partial charge on any atom is 0.511 e. The van der Waals surface area contributed by atoms with Gasteiger partial charge in [-0.15, -0.1) is 0 Å². The largest absolute Gasteiger partial charge is 0.511 e. The maximum atomic E-state index is 12.4. The summed E-state index contributed by atoms with van der Waals surface area (Å²) in [6.07, 6.45) is 2.24. The van der Waals surface area contributed by atoms with E-state index in [2.05, 4.69) is 0 Å². The lowest BCUT2D eigenvalue weighted by atomic mass is 9.60. The first-order valence-electron chi connectivity index (χ1n) is 7.30. The number of carbonyl (C=O) groups excluding carboxylic acids is 2. The van der Waals surface area contributed by atoms with Gasteiger partial charge in [-0.25, -0.2) is 17.9 Å². The van der Waals surface area contributed by atoms with Gasteiger partial charge in [0.05, 0.1) is 0 Å². The number of nitrogens with one attached hydrogen (secondary N) is 1. The second-order valence-corrected chi connectivity index (χ2v) is 8.24. The van der Waals surface area contributed by atoms with E-state index in [-0.39, 0.29) is 17.8 Å². The first kappa shape index (κ1) is 16.7. The molecule has 23 heavy (non-hydrogen) atoms. The van der Waals surface area contributed by atoms with Gasteiger partial charge >= 0.3 is 21.5 Å². The van der Waals surface area contributed by atoms with Crippen molar-refractivity contribution in [2.45, 2.75) is 37.3 Å². The molecule has 4 rings (SSSR count). The highest BCUT2D eigenvalue weighted by Gasteiger charge is 2.76. The quantitative estimate of drug-likeness (QED) is 0.586. The highest BCUT2D eigenvalue weighted by Crippen LogP contribution is 2.72. The first-order valence-corrected chi connectivity index (χ1v) is 8.79. The van der Waals surface area contributed by atoms with Crippen LogP contribution < -0.4 is 4.72 Å². The third kappa shape index (κ3) is 2.21. The molecule has 0 aromatic carbocycles. The van der Waals surface area contributed by atoms with Gasteiger partial charge in [0.15, 0.2) is 0 Å². The first-order chi connectivity index (χ1) is 10.5. The minimum absolute atomic E-state index is 0.0104. The normalized spacial score (nSPS) is 38.3. The van der Waals surface area contributed by atoms with E-state index in [4.69, 9.17) is 4.74 Å². The van der Waals surface area contributed by atoms with Crippen molar-refractivity contribution in [2.24, 2.45) is 23.7 Å². The summed E-state index contributed by atoms with van der Waals surface area (Å²) >= 11 is 0. The molecule has 4 aliphatic rings. The lowest BCUT2D eigenvalue weighted by Crippen LogP contribution is -2.61. The number of rotatable bonds is 5. The lowest BCUT2D eigenvalue weighted by molar-refractivity contribution is -0.198. The van der Waals surface area contributed by atoms with Crippen LogP contribution in [0.3, 0.4) is 0 Å². The minimum atomic E-state index is -5.43. The molecule has 0 amide bonds. The van der Waals surface area contributed by atoms with E-state index in [0.717, 1.165) is 19.8 Å². The number of esters is 1. The maximum absolute atomic E-state index is 12.4. The molecule has 0 aromatic rings.